The number of alkyl carbamates (subject to hydrolysis) is 1. The molecule has 4 rings (SSSR count). The monoisotopic (exact) mass is 405 g/mol. The number of carbonyl (C=O) groups excluding carboxylic acids is 2. The number of thiazole rings is 1. The molecule has 0 aliphatic carbocycles. The van der Waals surface area contributed by atoms with Crippen molar-refractivity contribution >= 4 is 56.1 Å². The summed E-state index contributed by atoms with van der Waals surface area (Å²) in [5, 5.41) is 9.44. The molecule has 3 heterocycles. The molecule has 0 spiro atoms. The van der Waals surface area contributed by atoms with Gasteiger partial charge in [-0.2, -0.15) is 0 Å². The maximum absolute atomic E-state index is 12.3. The SMILES string of the molecule is CS(=O)C(c1nnc(/C=C2/OC(=O)NC2=O)o1)c1nc2ccc(N)cc2s1. The van der Waals surface area contributed by atoms with Gasteiger partial charge in [-0.15, -0.1) is 21.5 Å². The number of hydrogen-bond acceptors (Lipinski definition) is 10. The average Bonchev–Trinajstić information content (AvgIpc) is 3.27. The maximum Gasteiger partial charge on any atom is 0.419 e. The van der Waals surface area contributed by atoms with Gasteiger partial charge in [0.25, 0.3) is 5.91 Å². The fourth-order valence-electron chi connectivity index (χ4n) is 2.40. The number of benzene rings is 1. The molecule has 1 saturated heterocycles. The summed E-state index contributed by atoms with van der Waals surface area (Å²) in [7, 11) is -1.41. The van der Waals surface area contributed by atoms with Crippen LogP contribution >= 0.6 is 11.3 Å². The van der Waals surface area contributed by atoms with Crippen molar-refractivity contribution in [3.05, 3.63) is 40.7 Å². The number of nitrogens with zero attached hydrogens (tertiary/aromatic N) is 3. The highest BCUT2D eigenvalue weighted by Crippen LogP contribution is 2.34. The molecule has 0 radical (unpaired) electrons. The molecule has 2 amide bonds. The van der Waals surface area contributed by atoms with Gasteiger partial charge in [-0.25, -0.2) is 9.78 Å². The predicted octanol–water partition coefficient (Wildman–Crippen LogP) is 1.34. The predicted molar refractivity (Wildman–Crippen MR) is 96.8 cm³/mol. The average molecular weight is 405 g/mol. The van der Waals surface area contributed by atoms with E-state index in [4.69, 9.17) is 10.2 Å². The number of rotatable bonds is 4. The van der Waals surface area contributed by atoms with Gasteiger partial charge in [0.05, 0.1) is 16.3 Å². The van der Waals surface area contributed by atoms with Crippen molar-refractivity contribution in [1.82, 2.24) is 20.5 Å². The summed E-state index contributed by atoms with van der Waals surface area (Å²) in [5.41, 5.74) is 7.10. The summed E-state index contributed by atoms with van der Waals surface area (Å²) in [5.74, 6) is -0.968. The van der Waals surface area contributed by atoms with Crippen molar-refractivity contribution < 1.29 is 23.0 Å². The van der Waals surface area contributed by atoms with Crippen molar-refractivity contribution in [2.24, 2.45) is 0 Å². The van der Waals surface area contributed by atoms with Crippen molar-refractivity contribution in [3.63, 3.8) is 0 Å². The van der Waals surface area contributed by atoms with E-state index in [0.29, 0.717) is 10.7 Å². The first-order valence-electron chi connectivity index (χ1n) is 7.47. The van der Waals surface area contributed by atoms with Crippen molar-refractivity contribution in [3.8, 4) is 0 Å². The Balaban J connectivity index is 1.70. The lowest BCUT2D eigenvalue weighted by atomic mass is 10.3. The van der Waals surface area contributed by atoms with Crippen LogP contribution in [0.1, 0.15) is 22.0 Å². The second-order valence-corrected chi connectivity index (χ2v) is 8.02. The minimum Gasteiger partial charge on any atom is -0.419 e. The zero-order valence-corrected chi connectivity index (χ0v) is 15.3. The molecule has 1 aromatic carbocycles. The number of fused-ring (bicyclic) bond motifs is 1. The number of hydrogen-bond donors (Lipinski definition) is 2. The molecule has 138 valence electrons. The van der Waals surface area contributed by atoms with Gasteiger partial charge in [0, 0.05) is 22.7 Å². The molecule has 27 heavy (non-hydrogen) atoms. The second-order valence-electron chi connectivity index (χ2n) is 5.49. The van der Waals surface area contributed by atoms with Crippen LogP contribution in [0.3, 0.4) is 0 Å². The minimum atomic E-state index is -1.41. The third-order valence-corrected chi connectivity index (χ3v) is 5.88. The lowest BCUT2D eigenvalue weighted by Crippen LogP contribution is -2.18. The highest BCUT2D eigenvalue weighted by atomic mass is 32.2. The Labute approximate surface area is 157 Å². The zero-order valence-electron chi connectivity index (χ0n) is 13.7. The van der Waals surface area contributed by atoms with Crippen LogP contribution in [0.25, 0.3) is 16.3 Å². The molecule has 0 saturated carbocycles. The van der Waals surface area contributed by atoms with Crippen LogP contribution in [0.4, 0.5) is 10.5 Å². The lowest BCUT2D eigenvalue weighted by molar-refractivity contribution is -0.116. The van der Waals surface area contributed by atoms with E-state index < -0.39 is 28.0 Å². The second kappa shape index (κ2) is 6.55. The summed E-state index contributed by atoms with van der Waals surface area (Å²) < 4.78 is 23.3. The number of carbonyl (C=O) groups is 2. The largest absolute Gasteiger partial charge is 0.419 e. The smallest absolute Gasteiger partial charge is 0.419 e. The summed E-state index contributed by atoms with van der Waals surface area (Å²) in [6.07, 6.45) is 1.75. The van der Waals surface area contributed by atoms with E-state index in [1.54, 1.807) is 18.2 Å². The van der Waals surface area contributed by atoms with Crippen molar-refractivity contribution in [1.29, 1.82) is 0 Å². The molecule has 1 aliphatic rings. The van der Waals surface area contributed by atoms with Crippen LogP contribution in [0.2, 0.25) is 0 Å². The van der Waals surface area contributed by atoms with Gasteiger partial charge < -0.3 is 14.9 Å². The van der Waals surface area contributed by atoms with E-state index in [1.807, 2.05) is 5.32 Å². The Morgan fingerprint density at radius 3 is 2.85 bits per heavy atom. The Bertz CT molecular complexity index is 1130. The first kappa shape index (κ1) is 17.3. The highest BCUT2D eigenvalue weighted by Gasteiger charge is 2.30. The molecular weight excluding hydrogens is 394 g/mol. The molecule has 2 atom stereocenters. The summed E-state index contributed by atoms with van der Waals surface area (Å²) >= 11 is 1.32. The number of amides is 2. The standard InChI is InChI=1S/C15H11N5O5S2/c1-27(23)11(14-17-7-3-2-6(16)4-9(7)26-14)13-20-19-10(25-13)5-8-12(21)18-15(22)24-8/h2-5,11H,16H2,1H3,(H,18,21,22)/b8-5+. The quantitative estimate of drug-likeness (QED) is 0.484. The van der Waals surface area contributed by atoms with Gasteiger partial charge in [0.2, 0.25) is 17.5 Å². The Kier molecular flexibility index (Phi) is 4.20. The molecule has 12 heteroatoms. The van der Waals surface area contributed by atoms with Crippen LogP contribution in [-0.2, 0) is 20.3 Å². The molecule has 2 unspecified atom stereocenters. The fourth-order valence-corrected chi connectivity index (χ4v) is 4.66. The number of anilines is 1. The van der Waals surface area contributed by atoms with Gasteiger partial charge in [-0.3, -0.25) is 14.3 Å². The van der Waals surface area contributed by atoms with E-state index in [-0.39, 0.29) is 17.5 Å². The van der Waals surface area contributed by atoms with Crippen LogP contribution in [0.5, 0.6) is 0 Å². The molecule has 2 aromatic heterocycles. The fraction of sp³-hybridized carbons (Fsp3) is 0.133. The van der Waals surface area contributed by atoms with Gasteiger partial charge in [0.15, 0.2) is 5.25 Å². The third kappa shape index (κ3) is 3.31. The zero-order chi connectivity index (χ0) is 19.1. The Morgan fingerprint density at radius 2 is 2.15 bits per heavy atom. The molecule has 1 fully saturated rings. The number of nitrogens with two attached hydrogens (primary N) is 1. The normalized spacial score (nSPS) is 17.9. The van der Waals surface area contributed by atoms with Gasteiger partial charge in [-0.1, -0.05) is 0 Å². The lowest BCUT2D eigenvalue weighted by Gasteiger charge is -2.05. The van der Waals surface area contributed by atoms with Gasteiger partial charge >= 0.3 is 6.09 Å². The van der Waals surface area contributed by atoms with Crippen LogP contribution in [0, 0.1) is 0 Å². The van der Waals surface area contributed by atoms with Crippen LogP contribution in [0.15, 0.2) is 28.4 Å². The third-order valence-electron chi connectivity index (χ3n) is 3.56. The van der Waals surface area contributed by atoms with Gasteiger partial charge in [0.1, 0.15) is 5.01 Å². The molecule has 1 aliphatic heterocycles. The highest BCUT2D eigenvalue weighted by molar-refractivity contribution is 7.84. The number of nitrogens with one attached hydrogen (secondary N) is 1. The topological polar surface area (TPSA) is 150 Å². The summed E-state index contributed by atoms with van der Waals surface area (Å²) in [6.45, 7) is 0. The van der Waals surface area contributed by atoms with Crippen molar-refractivity contribution in [2.75, 3.05) is 12.0 Å². The van der Waals surface area contributed by atoms with Gasteiger partial charge in [-0.05, 0) is 18.2 Å². The Morgan fingerprint density at radius 1 is 1.33 bits per heavy atom. The van der Waals surface area contributed by atoms with E-state index in [9.17, 15) is 13.8 Å². The van der Waals surface area contributed by atoms with E-state index in [2.05, 4.69) is 19.9 Å². The number of ether oxygens (including phenoxy) is 1. The van der Waals surface area contributed by atoms with Crippen LogP contribution in [-0.4, -0.2) is 37.6 Å². The Hall–Kier alpha value is -3.12. The summed E-state index contributed by atoms with van der Waals surface area (Å²) in [4.78, 5) is 27.0. The molecule has 3 N–H and O–H groups in total. The number of nitrogen functional groups attached to an aromatic ring is 1. The first-order valence-corrected chi connectivity index (χ1v) is 9.91. The van der Waals surface area contributed by atoms with E-state index >= 15 is 0 Å². The molecule has 0 bridgehead atoms. The number of imide groups is 1. The van der Waals surface area contributed by atoms with Crippen molar-refractivity contribution in [2.45, 2.75) is 5.25 Å². The number of aromatic nitrogens is 3. The van der Waals surface area contributed by atoms with E-state index in [0.717, 1.165) is 16.3 Å². The minimum absolute atomic E-state index is 0.0642. The molecule has 10 nitrogen and oxygen atoms in total. The summed E-state index contributed by atoms with van der Waals surface area (Å²) in [6, 6.07) is 5.29. The first-order chi connectivity index (χ1) is 12.9. The molecule has 3 aromatic rings. The van der Waals surface area contributed by atoms with Crippen LogP contribution < -0.4 is 11.1 Å². The number of cyclic esters (lactones) is 1. The van der Waals surface area contributed by atoms with E-state index in [1.165, 1.54) is 17.6 Å². The molecular formula is C15H11N5O5S2. The maximum atomic E-state index is 12.3.